The highest BCUT2D eigenvalue weighted by Gasteiger charge is 2.38. The van der Waals surface area contributed by atoms with Crippen molar-refractivity contribution in [1.29, 1.82) is 0 Å². The van der Waals surface area contributed by atoms with Crippen LogP contribution < -0.4 is 15.5 Å². The number of amides is 2. The SMILES string of the molecule is CCN(CC)C(C)CNC(=O)c1cc(-c2cnn3ccc(-c4cccs4)nc23)nc(N2CCC2C(=O)NC2CC2)c1. The largest absolute Gasteiger partial charge is 0.352 e. The molecular formula is C30H36N8O2S. The summed E-state index contributed by atoms with van der Waals surface area (Å²) in [6, 6.07) is 9.80. The Kier molecular flexibility index (Phi) is 7.72. The molecule has 1 saturated carbocycles. The molecule has 214 valence electrons. The van der Waals surface area contributed by atoms with Gasteiger partial charge in [0.25, 0.3) is 5.91 Å². The van der Waals surface area contributed by atoms with Crippen LogP contribution in [-0.4, -0.2) is 80.6 Å². The van der Waals surface area contributed by atoms with Crippen LogP contribution in [0.1, 0.15) is 50.4 Å². The van der Waals surface area contributed by atoms with Crippen molar-refractivity contribution in [3.05, 3.63) is 53.7 Å². The van der Waals surface area contributed by atoms with Crippen LogP contribution in [0.4, 0.5) is 5.82 Å². The van der Waals surface area contributed by atoms with E-state index < -0.39 is 0 Å². The molecule has 0 spiro atoms. The number of hydrogen-bond acceptors (Lipinski definition) is 8. The number of hydrogen-bond donors (Lipinski definition) is 2. The van der Waals surface area contributed by atoms with Gasteiger partial charge < -0.3 is 15.5 Å². The fourth-order valence-electron chi connectivity index (χ4n) is 5.32. The number of likely N-dealkylation sites (N-methyl/N-ethyl adjacent to an activating group) is 1. The van der Waals surface area contributed by atoms with Crippen molar-refractivity contribution in [2.75, 3.05) is 31.1 Å². The van der Waals surface area contributed by atoms with E-state index in [-0.39, 0.29) is 23.9 Å². The molecule has 1 saturated heterocycles. The quantitative estimate of drug-likeness (QED) is 0.281. The normalized spacial score (nSPS) is 17.5. The number of aromatic nitrogens is 4. The standard InChI is InChI=1S/C30H36N8O2S/c1-4-36(5-2)19(3)17-31-29(39)20-15-24(34-27(16-20)37-12-11-25(37)30(40)33-21-8-9-21)22-18-32-38-13-10-23(35-28(22)38)26-7-6-14-41-26/h6-7,10,13-16,18-19,21,25H,4-5,8-9,11-12,17H2,1-3H3,(H,31,39)(H,33,40). The zero-order chi connectivity index (χ0) is 28.5. The lowest BCUT2D eigenvalue weighted by atomic mass is 10.0. The first kappa shape index (κ1) is 27.3. The molecule has 2 N–H and O–H groups in total. The van der Waals surface area contributed by atoms with Crippen molar-refractivity contribution in [3.8, 4) is 21.8 Å². The van der Waals surface area contributed by atoms with E-state index in [1.54, 1.807) is 34.2 Å². The Labute approximate surface area is 243 Å². The number of fused-ring (bicyclic) bond motifs is 1. The number of carbonyl (C=O) groups is 2. The van der Waals surface area contributed by atoms with Gasteiger partial charge in [-0.05, 0) is 68.9 Å². The van der Waals surface area contributed by atoms with Crippen molar-refractivity contribution in [2.24, 2.45) is 0 Å². The van der Waals surface area contributed by atoms with Gasteiger partial charge in [-0.3, -0.25) is 14.5 Å². The first-order valence-electron chi connectivity index (χ1n) is 14.4. The lowest BCUT2D eigenvalue weighted by Gasteiger charge is -2.41. The van der Waals surface area contributed by atoms with Gasteiger partial charge in [-0.2, -0.15) is 5.10 Å². The van der Waals surface area contributed by atoms with Crippen molar-refractivity contribution >= 4 is 34.6 Å². The fraction of sp³-hybridized carbons (Fsp3) is 0.433. The van der Waals surface area contributed by atoms with Crippen LogP contribution in [0.15, 0.2) is 48.1 Å². The summed E-state index contributed by atoms with van der Waals surface area (Å²) in [6.07, 6.45) is 6.47. The van der Waals surface area contributed by atoms with Gasteiger partial charge in [0.2, 0.25) is 5.91 Å². The van der Waals surface area contributed by atoms with Crippen molar-refractivity contribution in [2.45, 2.75) is 58.2 Å². The summed E-state index contributed by atoms with van der Waals surface area (Å²) < 4.78 is 1.72. The van der Waals surface area contributed by atoms with E-state index in [0.717, 1.165) is 48.5 Å². The number of pyridine rings is 1. The Morgan fingerprint density at radius 3 is 2.63 bits per heavy atom. The minimum atomic E-state index is -0.288. The molecule has 0 bridgehead atoms. The van der Waals surface area contributed by atoms with E-state index in [4.69, 9.17) is 9.97 Å². The molecule has 1 aliphatic heterocycles. The molecule has 6 rings (SSSR count). The van der Waals surface area contributed by atoms with E-state index in [1.807, 2.05) is 34.7 Å². The van der Waals surface area contributed by atoms with Crippen LogP contribution >= 0.6 is 11.3 Å². The minimum absolute atomic E-state index is 0.0308. The molecule has 2 fully saturated rings. The van der Waals surface area contributed by atoms with E-state index in [2.05, 4.69) is 41.4 Å². The Hall–Kier alpha value is -3.83. The van der Waals surface area contributed by atoms with Gasteiger partial charge in [0.05, 0.1) is 28.0 Å². The average Bonchev–Trinajstić information content (AvgIpc) is 3.42. The first-order chi connectivity index (χ1) is 19.9. The highest BCUT2D eigenvalue weighted by Crippen LogP contribution is 2.32. The zero-order valence-electron chi connectivity index (χ0n) is 23.7. The van der Waals surface area contributed by atoms with E-state index >= 15 is 0 Å². The molecule has 2 atom stereocenters. The van der Waals surface area contributed by atoms with Crippen LogP contribution in [0.25, 0.3) is 27.5 Å². The maximum atomic E-state index is 13.5. The number of nitrogens with zero attached hydrogens (tertiary/aromatic N) is 6. The van der Waals surface area contributed by atoms with E-state index in [0.29, 0.717) is 41.9 Å². The molecule has 10 nitrogen and oxygen atoms in total. The van der Waals surface area contributed by atoms with Gasteiger partial charge in [0, 0.05) is 36.9 Å². The predicted molar refractivity (Wildman–Crippen MR) is 161 cm³/mol. The predicted octanol–water partition coefficient (Wildman–Crippen LogP) is 3.84. The van der Waals surface area contributed by atoms with Crippen LogP contribution in [-0.2, 0) is 4.79 Å². The maximum absolute atomic E-state index is 13.5. The number of anilines is 1. The third-order valence-corrected chi connectivity index (χ3v) is 8.92. The van der Waals surface area contributed by atoms with Crippen molar-refractivity contribution < 1.29 is 9.59 Å². The molecule has 1 aliphatic carbocycles. The Morgan fingerprint density at radius 1 is 1.12 bits per heavy atom. The zero-order valence-corrected chi connectivity index (χ0v) is 24.5. The van der Waals surface area contributed by atoms with Gasteiger partial charge in [0.15, 0.2) is 5.65 Å². The molecule has 2 unspecified atom stereocenters. The molecule has 41 heavy (non-hydrogen) atoms. The molecule has 2 amide bonds. The van der Waals surface area contributed by atoms with Gasteiger partial charge in [-0.15, -0.1) is 11.3 Å². The summed E-state index contributed by atoms with van der Waals surface area (Å²) >= 11 is 1.63. The fourth-order valence-corrected chi connectivity index (χ4v) is 6.02. The second kappa shape index (κ2) is 11.6. The second-order valence-corrected chi connectivity index (χ2v) is 11.7. The lowest BCUT2D eigenvalue weighted by molar-refractivity contribution is -0.123. The summed E-state index contributed by atoms with van der Waals surface area (Å²) in [5.41, 5.74) is 3.35. The molecule has 11 heteroatoms. The van der Waals surface area contributed by atoms with Gasteiger partial charge in [0.1, 0.15) is 11.9 Å². The van der Waals surface area contributed by atoms with Crippen LogP contribution in [0, 0.1) is 0 Å². The number of carbonyl (C=O) groups excluding carboxylic acids is 2. The third kappa shape index (κ3) is 5.69. The maximum Gasteiger partial charge on any atom is 0.251 e. The molecule has 0 radical (unpaired) electrons. The molecule has 4 aromatic heterocycles. The van der Waals surface area contributed by atoms with E-state index in [9.17, 15) is 9.59 Å². The lowest BCUT2D eigenvalue weighted by Crippen LogP contribution is -2.57. The van der Waals surface area contributed by atoms with Crippen molar-refractivity contribution in [3.63, 3.8) is 0 Å². The summed E-state index contributed by atoms with van der Waals surface area (Å²) in [5, 5.41) is 12.8. The van der Waals surface area contributed by atoms with Gasteiger partial charge in [-0.25, -0.2) is 14.5 Å². The van der Waals surface area contributed by atoms with Crippen LogP contribution in [0.3, 0.4) is 0 Å². The highest BCUT2D eigenvalue weighted by atomic mass is 32.1. The number of nitrogens with one attached hydrogen (secondary N) is 2. The van der Waals surface area contributed by atoms with Gasteiger partial charge >= 0.3 is 0 Å². The molecular weight excluding hydrogens is 536 g/mol. The van der Waals surface area contributed by atoms with Gasteiger partial charge in [-0.1, -0.05) is 19.9 Å². The van der Waals surface area contributed by atoms with Crippen LogP contribution in [0.5, 0.6) is 0 Å². The Bertz CT molecular complexity index is 1540. The summed E-state index contributed by atoms with van der Waals surface area (Å²) in [4.78, 5) is 41.7. The Balaban J connectivity index is 1.35. The average molecular weight is 573 g/mol. The minimum Gasteiger partial charge on any atom is -0.352 e. The summed E-state index contributed by atoms with van der Waals surface area (Å²) in [5.74, 6) is 0.473. The number of rotatable bonds is 11. The second-order valence-electron chi connectivity index (χ2n) is 10.8. The Morgan fingerprint density at radius 2 is 1.95 bits per heavy atom. The van der Waals surface area contributed by atoms with Crippen molar-refractivity contribution in [1.82, 2.24) is 35.1 Å². The monoisotopic (exact) mass is 572 g/mol. The summed E-state index contributed by atoms with van der Waals surface area (Å²) in [7, 11) is 0. The first-order valence-corrected chi connectivity index (χ1v) is 15.3. The molecule has 0 aromatic carbocycles. The topological polar surface area (TPSA) is 108 Å². The van der Waals surface area contributed by atoms with E-state index in [1.165, 1.54) is 0 Å². The third-order valence-electron chi connectivity index (χ3n) is 8.03. The highest BCUT2D eigenvalue weighted by molar-refractivity contribution is 7.13. The molecule has 2 aliphatic rings. The van der Waals surface area contributed by atoms with Crippen LogP contribution in [0.2, 0.25) is 0 Å². The smallest absolute Gasteiger partial charge is 0.251 e. The summed E-state index contributed by atoms with van der Waals surface area (Å²) in [6.45, 7) is 9.45. The molecule has 4 aromatic rings. The number of thiophene rings is 1. The molecule has 5 heterocycles.